The van der Waals surface area contributed by atoms with Crippen LogP contribution in [0, 0.1) is 45.9 Å². The van der Waals surface area contributed by atoms with Gasteiger partial charge in [0.1, 0.15) is 0 Å². The van der Waals surface area contributed by atoms with Crippen LogP contribution in [-0.2, 0) is 0 Å². The number of rotatable bonds is 7. The summed E-state index contributed by atoms with van der Waals surface area (Å²) in [6, 6.07) is 78.2. The molecule has 0 radical (unpaired) electrons. The molecule has 10 aromatic carbocycles. The minimum atomic E-state index is 0.637. The van der Waals surface area contributed by atoms with Gasteiger partial charge in [-0.3, -0.25) is 0 Å². The Balaban J connectivity index is 1.19. The maximum absolute atomic E-state index is 10.1. The molecular formula is C66H49N3. The van der Waals surface area contributed by atoms with Crippen molar-refractivity contribution >= 4 is 43.6 Å². The van der Waals surface area contributed by atoms with Crippen molar-refractivity contribution in [2.24, 2.45) is 0 Å². The highest BCUT2D eigenvalue weighted by Crippen LogP contribution is 2.44. The van der Waals surface area contributed by atoms with Crippen LogP contribution in [0.15, 0.2) is 206 Å². The zero-order chi connectivity index (χ0) is 46.9. The number of benzene rings is 10. The average Bonchev–Trinajstić information content (AvgIpc) is 3.87. The number of hydrogen-bond donors (Lipinski definition) is 0. The van der Waals surface area contributed by atoms with Gasteiger partial charge in [0.25, 0.3) is 0 Å². The van der Waals surface area contributed by atoms with Crippen molar-refractivity contribution in [1.82, 2.24) is 9.13 Å². The molecule has 0 atom stereocenters. The molecule has 0 unspecified atom stereocenters. The number of hydrogen-bond acceptors (Lipinski definition) is 1. The molecule has 0 aliphatic heterocycles. The molecule has 0 aliphatic carbocycles. The minimum absolute atomic E-state index is 0.637. The lowest BCUT2D eigenvalue weighted by Crippen LogP contribution is -2.05. The molecule has 0 aliphatic rings. The number of fused-ring (bicyclic) bond motifs is 6. The van der Waals surface area contributed by atoms with Crippen LogP contribution in [0.25, 0.3) is 111 Å². The van der Waals surface area contributed by atoms with Gasteiger partial charge in [0, 0.05) is 21.5 Å². The monoisotopic (exact) mass is 883 g/mol. The molecule has 0 N–H and O–H groups in total. The van der Waals surface area contributed by atoms with Crippen molar-refractivity contribution in [1.29, 1.82) is 5.26 Å². The van der Waals surface area contributed by atoms with Crippen LogP contribution < -0.4 is 0 Å². The predicted molar refractivity (Wildman–Crippen MR) is 291 cm³/mol. The van der Waals surface area contributed by atoms with Gasteiger partial charge in [-0.25, -0.2) is 0 Å². The normalized spacial score (nSPS) is 11.5. The molecule has 2 heterocycles. The second kappa shape index (κ2) is 16.6. The molecule has 12 rings (SSSR count). The van der Waals surface area contributed by atoms with Crippen molar-refractivity contribution in [3.05, 3.63) is 240 Å². The fourth-order valence-corrected chi connectivity index (χ4v) is 10.7. The topological polar surface area (TPSA) is 33.6 Å². The first-order valence-electron chi connectivity index (χ1n) is 23.8. The van der Waals surface area contributed by atoms with Gasteiger partial charge in [0.05, 0.1) is 45.1 Å². The lowest BCUT2D eigenvalue weighted by molar-refractivity contribution is 1.09. The first-order chi connectivity index (χ1) is 33.7. The third-order valence-corrected chi connectivity index (χ3v) is 14.0. The number of nitrogens with zero attached hydrogens (tertiary/aromatic N) is 3. The van der Waals surface area contributed by atoms with E-state index in [-0.39, 0.29) is 0 Å². The zero-order valence-electron chi connectivity index (χ0n) is 39.5. The lowest BCUT2D eigenvalue weighted by atomic mass is 9.97. The Kier molecular flexibility index (Phi) is 10.0. The molecule has 0 spiro atoms. The summed E-state index contributed by atoms with van der Waals surface area (Å²) < 4.78 is 4.97. The lowest BCUT2D eigenvalue weighted by Gasteiger charge is -2.20. The summed E-state index contributed by atoms with van der Waals surface area (Å²) in [6.07, 6.45) is 0. The predicted octanol–water partition coefficient (Wildman–Crippen LogP) is 17.6. The van der Waals surface area contributed by atoms with Gasteiger partial charge >= 0.3 is 0 Å². The van der Waals surface area contributed by atoms with Crippen LogP contribution in [0.4, 0.5) is 0 Å². The smallest absolute Gasteiger partial charge is 0.0991 e. The number of nitriles is 1. The molecule has 0 fully saturated rings. The largest absolute Gasteiger partial charge is 0.307 e. The van der Waals surface area contributed by atoms with Gasteiger partial charge in [-0.1, -0.05) is 156 Å². The SMILES string of the molecule is Cc1cccc(-c2ccc3c(c2)c2cc(-c4cccc(C)c4)ccc2n3-c2cc(C)c(-c3cccc(C#N)c3)cc2-n2c3ccc(-c4cccc(C)c4)cc3c3cc(-c4cccc(C)c4)ccc32)c1. The molecule has 69 heavy (non-hydrogen) atoms. The molecule has 3 heteroatoms. The molecule has 0 amide bonds. The van der Waals surface area contributed by atoms with E-state index < -0.39 is 0 Å². The summed E-state index contributed by atoms with van der Waals surface area (Å²) >= 11 is 0. The Labute approximate surface area is 403 Å². The van der Waals surface area contributed by atoms with Crippen LogP contribution in [0.3, 0.4) is 0 Å². The van der Waals surface area contributed by atoms with Crippen molar-refractivity contribution < 1.29 is 0 Å². The van der Waals surface area contributed by atoms with Crippen molar-refractivity contribution in [2.75, 3.05) is 0 Å². The first kappa shape index (κ1) is 41.7. The van der Waals surface area contributed by atoms with E-state index in [0.717, 1.165) is 50.1 Å². The van der Waals surface area contributed by atoms with Gasteiger partial charge in [-0.15, -0.1) is 0 Å². The van der Waals surface area contributed by atoms with E-state index in [1.807, 2.05) is 18.2 Å². The Morgan fingerprint density at radius 2 is 0.623 bits per heavy atom. The number of aryl methyl sites for hydroxylation is 5. The third-order valence-electron chi connectivity index (χ3n) is 14.0. The Morgan fingerprint density at radius 3 is 0.971 bits per heavy atom. The van der Waals surface area contributed by atoms with E-state index in [1.165, 1.54) is 88.3 Å². The van der Waals surface area contributed by atoms with E-state index in [9.17, 15) is 5.26 Å². The molecule has 12 aromatic rings. The molecule has 328 valence electrons. The molecule has 0 saturated carbocycles. The molecule has 0 bridgehead atoms. The van der Waals surface area contributed by atoms with Crippen LogP contribution in [-0.4, -0.2) is 9.13 Å². The maximum atomic E-state index is 10.1. The summed E-state index contributed by atoms with van der Waals surface area (Å²) in [4.78, 5) is 0. The minimum Gasteiger partial charge on any atom is -0.307 e. The summed E-state index contributed by atoms with van der Waals surface area (Å²) in [5, 5.41) is 14.8. The van der Waals surface area contributed by atoms with E-state index >= 15 is 0 Å². The summed E-state index contributed by atoms with van der Waals surface area (Å²) in [5.74, 6) is 0. The highest BCUT2D eigenvalue weighted by Gasteiger charge is 2.23. The summed E-state index contributed by atoms with van der Waals surface area (Å²) in [6.45, 7) is 10.8. The molecule has 2 aromatic heterocycles. The maximum Gasteiger partial charge on any atom is 0.0991 e. The van der Waals surface area contributed by atoms with Crippen molar-refractivity contribution in [3.63, 3.8) is 0 Å². The average molecular weight is 884 g/mol. The van der Waals surface area contributed by atoms with E-state index in [2.05, 4.69) is 238 Å². The fourth-order valence-electron chi connectivity index (χ4n) is 10.7. The van der Waals surface area contributed by atoms with E-state index in [4.69, 9.17) is 0 Å². The Hall–Kier alpha value is -8.71. The first-order valence-corrected chi connectivity index (χ1v) is 23.8. The van der Waals surface area contributed by atoms with Crippen LogP contribution in [0.2, 0.25) is 0 Å². The van der Waals surface area contributed by atoms with Gasteiger partial charge in [0.2, 0.25) is 0 Å². The standard InChI is InChI=1S/C66H49N3/c1-41-11-6-16-47(29-41)51-21-25-61-57(35-51)58-36-52(48-17-7-12-42(2)30-48)22-26-62(58)68(61)65-33-45(5)56(55-20-10-15-46(34-55)40-67)39-66(65)69-63-27-23-53(49-18-8-13-43(3)31-49)37-59(63)60-38-54(24-28-64(60)69)50-19-9-14-44(4)32-50/h6-39H,1-5H3. The van der Waals surface area contributed by atoms with Gasteiger partial charge in [-0.2, -0.15) is 5.26 Å². The van der Waals surface area contributed by atoms with E-state index in [1.54, 1.807) is 0 Å². The molecule has 3 nitrogen and oxygen atoms in total. The third kappa shape index (κ3) is 7.30. The Morgan fingerprint density at radius 1 is 0.304 bits per heavy atom. The summed E-state index contributed by atoms with van der Waals surface area (Å²) in [7, 11) is 0. The highest BCUT2D eigenvalue weighted by atomic mass is 15.1. The van der Waals surface area contributed by atoms with Gasteiger partial charge in [0.15, 0.2) is 0 Å². The quantitative estimate of drug-likeness (QED) is 0.157. The highest BCUT2D eigenvalue weighted by molar-refractivity contribution is 6.14. The molecular weight excluding hydrogens is 835 g/mol. The second-order valence-electron chi connectivity index (χ2n) is 18.9. The fraction of sp³-hybridized carbons (Fsp3) is 0.0758. The van der Waals surface area contributed by atoms with Crippen LogP contribution >= 0.6 is 0 Å². The van der Waals surface area contributed by atoms with Gasteiger partial charge in [-0.05, 0) is 169 Å². The van der Waals surface area contributed by atoms with Crippen LogP contribution in [0.1, 0.15) is 33.4 Å². The molecule has 0 saturated heterocycles. The summed E-state index contributed by atoms with van der Waals surface area (Å²) in [5.41, 5.74) is 25.0. The van der Waals surface area contributed by atoms with E-state index in [0.29, 0.717) is 5.56 Å². The Bertz CT molecular complexity index is 3890. The van der Waals surface area contributed by atoms with Crippen LogP contribution in [0.5, 0.6) is 0 Å². The van der Waals surface area contributed by atoms with Crippen molar-refractivity contribution in [3.8, 4) is 73.1 Å². The van der Waals surface area contributed by atoms with Crippen molar-refractivity contribution in [2.45, 2.75) is 34.6 Å². The zero-order valence-corrected chi connectivity index (χ0v) is 39.5. The second-order valence-corrected chi connectivity index (χ2v) is 18.9. The number of aromatic nitrogens is 2. The van der Waals surface area contributed by atoms with Gasteiger partial charge < -0.3 is 9.13 Å².